The predicted octanol–water partition coefficient (Wildman–Crippen LogP) is 1.66. The van der Waals surface area contributed by atoms with Crippen molar-refractivity contribution in [1.29, 1.82) is 0 Å². The summed E-state index contributed by atoms with van der Waals surface area (Å²) in [5, 5.41) is 3.06. The van der Waals surface area contributed by atoms with Crippen LogP contribution in [0.1, 0.15) is 0 Å². The molecule has 0 amide bonds. The monoisotopic (exact) mass is 231 g/mol. The first kappa shape index (κ1) is 12.6. The average Bonchev–Trinajstić information content (AvgIpc) is 2.19. The first-order chi connectivity index (χ1) is 7.58. The van der Waals surface area contributed by atoms with Crippen LogP contribution < -0.4 is 10.1 Å². The fourth-order valence-electron chi connectivity index (χ4n) is 1.07. The number of aromatic nitrogens is 1. The van der Waals surface area contributed by atoms with E-state index >= 15 is 0 Å². The number of nitrogens with one attached hydrogen (secondary N) is 1. The lowest BCUT2D eigenvalue weighted by molar-refractivity contribution is -0.0500. The molecular formula is C10H15F2N3O. The minimum atomic E-state index is -2.81. The van der Waals surface area contributed by atoms with Crippen molar-refractivity contribution < 1.29 is 13.5 Å². The average molecular weight is 231 g/mol. The Morgan fingerprint density at radius 3 is 2.69 bits per heavy atom. The molecule has 1 rings (SSSR count). The second-order valence-electron chi connectivity index (χ2n) is 3.49. The fraction of sp³-hybridized carbons (Fsp3) is 0.500. The Morgan fingerprint density at radius 2 is 2.19 bits per heavy atom. The SMILES string of the molecule is CN(C)CCNc1ccc(OC(F)F)cn1. The molecule has 0 aliphatic carbocycles. The third-order valence-corrected chi connectivity index (χ3v) is 1.83. The van der Waals surface area contributed by atoms with Gasteiger partial charge in [-0.05, 0) is 26.2 Å². The molecule has 0 saturated carbocycles. The van der Waals surface area contributed by atoms with Gasteiger partial charge in [0.2, 0.25) is 0 Å². The van der Waals surface area contributed by atoms with Gasteiger partial charge in [-0.15, -0.1) is 0 Å². The van der Waals surface area contributed by atoms with Crippen LogP contribution in [-0.2, 0) is 0 Å². The minimum Gasteiger partial charge on any atom is -0.433 e. The summed E-state index contributed by atoms with van der Waals surface area (Å²) in [5.41, 5.74) is 0. The van der Waals surface area contributed by atoms with E-state index in [-0.39, 0.29) is 5.75 Å². The molecule has 6 heteroatoms. The third-order valence-electron chi connectivity index (χ3n) is 1.83. The van der Waals surface area contributed by atoms with Gasteiger partial charge < -0.3 is 15.0 Å². The quantitative estimate of drug-likeness (QED) is 0.808. The van der Waals surface area contributed by atoms with E-state index in [1.165, 1.54) is 12.3 Å². The summed E-state index contributed by atoms with van der Waals surface area (Å²) >= 11 is 0. The molecule has 0 saturated heterocycles. The number of halogens is 2. The molecule has 0 aliphatic rings. The zero-order valence-corrected chi connectivity index (χ0v) is 9.28. The Labute approximate surface area is 93.2 Å². The molecule has 90 valence electrons. The van der Waals surface area contributed by atoms with E-state index in [9.17, 15) is 8.78 Å². The van der Waals surface area contributed by atoms with Crippen molar-refractivity contribution in [3.05, 3.63) is 18.3 Å². The van der Waals surface area contributed by atoms with Crippen LogP contribution in [0.3, 0.4) is 0 Å². The number of alkyl halides is 2. The number of anilines is 1. The third kappa shape index (κ3) is 4.88. The van der Waals surface area contributed by atoms with Gasteiger partial charge in [-0.3, -0.25) is 0 Å². The van der Waals surface area contributed by atoms with E-state index in [1.807, 2.05) is 19.0 Å². The van der Waals surface area contributed by atoms with Crippen molar-refractivity contribution >= 4 is 5.82 Å². The molecule has 0 unspecified atom stereocenters. The van der Waals surface area contributed by atoms with E-state index in [2.05, 4.69) is 15.0 Å². The highest BCUT2D eigenvalue weighted by atomic mass is 19.3. The molecule has 1 aromatic rings. The van der Waals surface area contributed by atoms with Gasteiger partial charge in [0, 0.05) is 13.1 Å². The summed E-state index contributed by atoms with van der Waals surface area (Å²) in [6.07, 6.45) is 1.27. The largest absolute Gasteiger partial charge is 0.433 e. The maximum Gasteiger partial charge on any atom is 0.387 e. The maximum absolute atomic E-state index is 11.8. The molecule has 0 bridgehead atoms. The summed E-state index contributed by atoms with van der Waals surface area (Å²) in [7, 11) is 3.93. The van der Waals surface area contributed by atoms with Crippen molar-refractivity contribution in [3.63, 3.8) is 0 Å². The zero-order chi connectivity index (χ0) is 12.0. The normalized spacial score (nSPS) is 10.9. The van der Waals surface area contributed by atoms with Crippen LogP contribution in [0.15, 0.2) is 18.3 Å². The number of nitrogens with zero attached hydrogens (tertiary/aromatic N) is 2. The van der Waals surface area contributed by atoms with E-state index in [0.29, 0.717) is 5.82 Å². The summed E-state index contributed by atoms with van der Waals surface area (Å²) in [5.74, 6) is 0.705. The Balaban J connectivity index is 2.39. The van der Waals surface area contributed by atoms with Crippen molar-refractivity contribution in [2.24, 2.45) is 0 Å². The van der Waals surface area contributed by atoms with Crippen LogP contribution in [0, 0.1) is 0 Å². The van der Waals surface area contributed by atoms with E-state index in [4.69, 9.17) is 0 Å². The van der Waals surface area contributed by atoms with Crippen LogP contribution >= 0.6 is 0 Å². The lowest BCUT2D eigenvalue weighted by Crippen LogP contribution is -2.21. The Hall–Kier alpha value is -1.43. The Kier molecular flexibility index (Phi) is 4.91. The standard InChI is InChI=1S/C10H15F2N3O/c1-15(2)6-5-13-9-4-3-8(7-14-9)16-10(11)12/h3-4,7,10H,5-6H2,1-2H3,(H,13,14). The van der Waals surface area contributed by atoms with Gasteiger partial charge in [0.25, 0.3) is 0 Å². The Morgan fingerprint density at radius 1 is 1.44 bits per heavy atom. The summed E-state index contributed by atoms with van der Waals surface area (Å²) in [6.45, 7) is -1.19. The van der Waals surface area contributed by atoms with Gasteiger partial charge in [0.05, 0.1) is 6.20 Å². The van der Waals surface area contributed by atoms with Gasteiger partial charge in [-0.1, -0.05) is 0 Å². The molecule has 1 heterocycles. The van der Waals surface area contributed by atoms with Crippen molar-refractivity contribution in [3.8, 4) is 5.75 Å². The highest BCUT2D eigenvalue weighted by Gasteiger charge is 2.04. The minimum absolute atomic E-state index is 0.0631. The van der Waals surface area contributed by atoms with Gasteiger partial charge in [-0.2, -0.15) is 8.78 Å². The summed E-state index contributed by atoms with van der Waals surface area (Å²) in [6, 6.07) is 3.06. The molecule has 0 aliphatic heterocycles. The maximum atomic E-state index is 11.8. The van der Waals surface area contributed by atoms with Crippen LogP contribution in [0.2, 0.25) is 0 Å². The lowest BCUT2D eigenvalue weighted by Gasteiger charge is -2.11. The van der Waals surface area contributed by atoms with Crippen LogP contribution in [0.4, 0.5) is 14.6 Å². The van der Waals surface area contributed by atoms with Crippen LogP contribution in [0.5, 0.6) is 5.75 Å². The first-order valence-corrected chi connectivity index (χ1v) is 4.87. The second kappa shape index (κ2) is 6.22. The number of pyridine rings is 1. The lowest BCUT2D eigenvalue weighted by atomic mass is 10.4. The molecule has 0 fully saturated rings. The smallest absolute Gasteiger partial charge is 0.387 e. The van der Waals surface area contributed by atoms with Crippen molar-refractivity contribution in [2.45, 2.75) is 6.61 Å². The second-order valence-corrected chi connectivity index (χ2v) is 3.49. The van der Waals surface area contributed by atoms with Gasteiger partial charge in [0.15, 0.2) is 0 Å². The first-order valence-electron chi connectivity index (χ1n) is 4.87. The molecule has 16 heavy (non-hydrogen) atoms. The number of hydrogen-bond donors (Lipinski definition) is 1. The fourth-order valence-corrected chi connectivity index (χ4v) is 1.07. The number of rotatable bonds is 6. The van der Waals surface area contributed by atoms with Gasteiger partial charge in [0.1, 0.15) is 11.6 Å². The molecule has 0 spiro atoms. The van der Waals surface area contributed by atoms with Crippen molar-refractivity contribution in [2.75, 3.05) is 32.5 Å². The van der Waals surface area contributed by atoms with E-state index in [1.54, 1.807) is 6.07 Å². The summed E-state index contributed by atoms with van der Waals surface area (Å²) < 4.78 is 27.9. The Bertz CT molecular complexity index is 303. The molecule has 4 nitrogen and oxygen atoms in total. The molecule has 1 aromatic heterocycles. The zero-order valence-electron chi connectivity index (χ0n) is 9.28. The molecule has 0 radical (unpaired) electrons. The van der Waals surface area contributed by atoms with Crippen LogP contribution in [0.25, 0.3) is 0 Å². The molecular weight excluding hydrogens is 216 g/mol. The van der Waals surface area contributed by atoms with E-state index < -0.39 is 6.61 Å². The predicted molar refractivity (Wildman–Crippen MR) is 57.9 cm³/mol. The van der Waals surface area contributed by atoms with Gasteiger partial charge in [-0.25, -0.2) is 4.98 Å². The number of likely N-dealkylation sites (N-methyl/N-ethyl adjacent to an activating group) is 1. The summed E-state index contributed by atoms with van der Waals surface area (Å²) in [4.78, 5) is 5.97. The molecule has 0 aromatic carbocycles. The highest BCUT2D eigenvalue weighted by Crippen LogP contribution is 2.14. The van der Waals surface area contributed by atoms with Crippen molar-refractivity contribution in [1.82, 2.24) is 9.88 Å². The van der Waals surface area contributed by atoms with Gasteiger partial charge >= 0.3 is 6.61 Å². The number of hydrogen-bond acceptors (Lipinski definition) is 4. The van der Waals surface area contributed by atoms with Crippen LogP contribution in [-0.4, -0.2) is 43.7 Å². The van der Waals surface area contributed by atoms with E-state index in [0.717, 1.165) is 13.1 Å². The molecule has 1 N–H and O–H groups in total. The molecule has 0 atom stereocenters. The number of ether oxygens (including phenoxy) is 1. The highest BCUT2D eigenvalue weighted by molar-refractivity contribution is 5.37. The topological polar surface area (TPSA) is 37.4 Å².